The number of benzene rings is 1. The Morgan fingerprint density at radius 3 is 2.80 bits per heavy atom. The first-order valence-corrected chi connectivity index (χ1v) is 10.5. The predicted octanol–water partition coefficient (Wildman–Crippen LogP) is 4.27. The second-order valence-electron chi connectivity index (χ2n) is 7.44. The number of para-hydroxylation sites is 1. The molecular formula is C20H27N3OS. The van der Waals surface area contributed by atoms with E-state index in [2.05, 4.69) is 35.3 Å². The van der Waals surface area contributed by atoms with Gasteiger partial charge >= 0.3 is 0 Å². The van der Waals surface area contributed by atoms with Crippen molar-refractivity contribution in [3.05, 3.63) is 29.3 Å². The average molecular weight is 358 g/mol. The number of aromatic nitrogens is 1. The van der Waals surface area contributed by atoms with Gasteiger partial charge in [0, 0.05) is 6.04 Å². The van der Waals surface area contributed by atoms with Gasteiger partial charge in [-0.25, -0.2) is 4.98 Å². The highest BCUT2D eigenvalue weighted by Crippen LogP contribution is 2.37. The lowest BCUT2D eigenvalue weighted by Crippen LogP contribution is -2.48. The lowest BCUT2D eigenvalue weighted by Gasteiger charge is -2.31. The van der Waals surface area contributed by atoms with Crippen LogP contribution < -0.4 is 5.32 Å². The molecule has 1 aliphatic carbocycles. The van der Waals surface area contributed by atoms with E-state index >= 15 is 0 Å². The fraction of sp³-hybridized carbons (Fsp3) is 0.600. The normalized spacial score (nSPS) is 23.8. The monoisotopic (exact) mass is 357 g/mol. The second-order valence-corrected chi connectivity index (χ2v) is 8.50. The number of thiazole rings is 1. The molecule has 1 aromatic carbocycles. The van der Waals surface area contributed by atoms with Crippen molar-refractivity contribution in [2.24, 2.45) is 0 Å². The van der Waals surface area contributed by atoms with E-state index in [1.54, 1.807) is 11.3 Å². The van der Waals surface area contributed by atoms with Crippen LogP contribution in [0, 0.1) is 0 Å². The second kappa shape index (κ2) is 7.42. The fourth-order valence-electron chi connectivity index (χ4n) is 4.27. The highest BCUT2D eigenvalue weighted by molar-refractivity contribution is 7.18. The molecule has 1 saturated carbocycles. The number of nitrogens with zero attached hydrogens (tertiary/aromatic N) is 2. The molecule has 2 aromatic rings. The van der Waals surface area contributed by atoms with Gasteiger partial charge < -0.3 is 5.32 Å². The third kappa shape index (κ3) is 3.58. The lowest BCUT2D eigenvalue weighted by atomic mass is 9.95. The molecule has 1 aromatic heterocycles. The van der Waals surface area contributed by atoms with Crippen LogP contribution in [-0.4, -0.2) is 34.4 Å². The van der Waals surface area contributed by atoms with E-state index in [1.165, 1.54) is 24.0 Å². The van der Waals surface area contributed by atoms with Gasteiger partial charge in [0.2, 0.25) is 5.91 Å². The summed E-state index contributed by atoms with van der Waals surface area (Å²) in [7, 11) is 0. The summed E-state index contributed by atoms with van der Waals surface area (Å²) in [4.78, 5) is 20.0. The first kappa shape index (κ1) is 17.0. The molecule has 4 nitrogen and oxygen atoms in total. The third-order valence-corrected chi connectivity index (χ3v) is 6.86. The van der Waals surface area contributed by atoms with E-state index in [-0.39, 0.29) is 18.0 Å². The molecular weight excluding hydrogens is 330 g/mol. The predicted molar refractivity (Wildman–Crippen MR) is 103 cm³/mol. The summed E-state index contributed by atoms with van der Waals surface area (Å²) in [6.07, 6.45) is 8.32. The molecule has 0 radical (unpaired) electrons. The molecule has 0 bridgehead atoms. The van der Waals surface area contributed by atoms with Crippen molar-refractivity contribution in [2.75, 3.05) is 6.54 Å². The van der Waals surface area contributed by atoms with E-state index in [4.69, 9.17) is 4.98 Å². The van der Waals surface area contributed by atoms with Crippen molar-refractivity contribution in [3.63, 3.8) is 0 Å². The van der Waals surface area contributed by atoms with Gasteiger partial charge in [-0.15, -0.1) is 11.3 Å². The lowest BCUT2D eigenvalue weighted by molar-refractivity contribution is -0.127. The van der Waals surface area contributed by atoms with Crippen LogP contribution in [0.5, 0.6) is 0 Å². The molecule has 1 aliphatic heterocycles. The Hall–Kier alpha value is -1.46. The number of likely N-dealkylation sites (tertiary alicyclic amines) is 1. The van der Waals surface area contributed by atoms with Gasteiger partial charge in [-0.2, -0.15) is 0 Å². The molecule has 2 heterocycles. The quantitative estimate of drug-likeness (QED) is 0.889. The first-order valence-electron chi connectivity index (χ1n) is 9.64. The number of hydrogen-bond acceptors (Lipinski definition) is 4. The Bertz CT molecular complexity index is 704. The smallest absolute Gasteiger partial charge is 0.237 e. The molecule has 0 spiro atoms. The Balaban J connectivity index is 1.47. The summed E-state index contributed by atoms with van der Waals surface area (Å²) in [5.41, 5.74) is 1.08. The van der Waals surface area contributed by atoms with E-state index in [0.29, 0.717) is 6.04 Å². The third-order valence-electron chi connectivity index (χ3n) is 5.72. The van der Waals surface area contributed by atoms with Gasteiger partial charge in [0.25, 0.3) is 0 Å². The van der Waals surface area contributed by atoms with Crippen molar-refractivity contribution in [1.29, 1.82) is 0 Å². The maximum Gasteiger partial charge on any atom is 0.237 e. The standard InChI is InChI=1S/C20H27N3OS/c1-14(19(24)21-15-8-3-2-4-9-15)23-13-7-11-17(23)20-22-16-10-5-6-12-18(16)25-20/h5-6,10,12,14-15,17H,2-4,7-9,11,13H2,1H3,(H,21,24). The van der Waals surface area contributed by atoms with E-state index in [9.17, 15) is 4.79 Å². The molecule has 1 amide bonds. The minimum atomic E-state index is -0.0820. The molecule has 2 unspecified atom stereocenters. The molecule has 2 fully saturated rings. The Morgan fingerprint density at radius 1 is 1.20 bits per heavy atom. The molecule has 25 heavy (non-hydrogen) atoms. The average Bonchev–Trinajstić information content (AvgIpc) is 3.28. The number of rotatable bonds is 4. The zero-order valence-corrected chi connectivity index (χ0v) is 15.7. The fourth-order valence-corrected chi connectivity index (χ4v) is 5.39. The maximum absolute atomic E-state index is 12.8. The topological polar surface area (TPSA) is 45.2 Å². The minimum absolute atomic E-state index is 0.0820. The summed E-state index contributed by atoms with van der Waals surface area (Å²) in [6.45, 7) is 3.05. The molecule has 1 N–H and O–H groups in total. The number of carbonyl (C=O) groups excluding carboxylic acids is 1. The van der Waals surface area contributed by atoms with Crippen molar-refractivity contribution in [3.8, 4) is 0 Å². The number of hydrogen-bond donors (Lipinski definition) is 1. The van der Waals surface area contributed by atoms with E-state index in [1.807, 2.05) is 6.07 Å². The largest absolute Gasteiger partial charge is 0.352 e. The van der Waals surface area contributed by atoms with Crippen molar-refractivity contribution >= 4 is 27.5 Å². The van der Waals surface area contributed by atoms with Gasteiger partial charge in [-0.1, -0.05) is 31.4 Å². The van der Waals surface area contributed by atoms with E-state index < -0.39 is 0 Å². The van der Waals surface area contributed by atoms with Crippen LogP contribution in [0.15, 0.2) is 24.3 Å². The highest BCUT2D eigenvalue weighted by atomic mass is 32.1. The maximum atomic E-state index is 12.8. The van der Waals surface area contributed by atoms with Crippen LogP contribution in [0.1, 0.15) is 62.9 Å². The number of carbonyl (C=O) groups is 1. The van der Waals surface area contributed by atoms with Gasteiger partial charge in [-0.05, 0) is 51.3 Å². The van der Waals surface area contributed by atoms with Crippen LogP contribution in [0.25, 0.3) is 10.2 Å². The van der Waals surface area contributed by atoms with Gasteiger partial charge in [0.1, 0.15) is 5.01 Å². The SMILES string of the molecule is CC(C(=O)NC1CCCCC1)N1CCCC1c1nc2ccccc2s1. The van der Waals surface area contributed by atoms with Gasteiger partial charge in [-0.3, -0.25) is 9.69 Å². The van der Waals surface area contributed by atoms with Crippen LogP contribution in [0.4, 0.5) is 0 Å². The molecule has 2 atom stereocenters. The minimum Gasteiger partial charge on any atom is -0.352 e. The van der Waals surface area contributed by atoms with Crippen LogP contribution >= 0.6 is 11.3 Å². The summed E-state index contributed by atoms with van der Waals surface area (Å²) in [5.74, 6) is 0.194. The molecule has 5 heteroatoms. The molecule has 2 aliphatic rings. The summed E-state index contributed by atoms with van der Waals surface area (Å²) >= 11 is 1.78. The summed E-state index contributed by atoms with van der Waals surface area (Å²) in [6, 6.07) is 8.90. The Labute approximate surface area is 153 Å². The van der Waals surface area contributed by atoms with Gasteiger partial charge in [0.05, 0.1) is 22.3 Å². The molecule has 4 rings (SSSR count). The van der Waals surface area contributed by atoms with Crippen molar-refractivity contribution < 1.29 is 4.79 Å². The number of fused-ring (bicyclic) bond motifs is 1. The van der Waals surface area contributed by atoms with Crippen LogP contribution in [0.2, 0.25) is 0 Å². The van der Waals surface area contributed by atoms with Crippen LogP contribution in [-0.2, 0) is 4.79 Å². The van der Waals surface area contributed by atoms with Crippen LogP contribution in [0.3, 0.4) is 0 Å². The van der Waals surface area contributed by atoms with Crippen molar-refractivity contribution in [2.45, 2.75) is 70.0 Å². The zero-order valence-electron chi connectivity index (χ0n) is 14.9. The zero-order chi connectivity index (χ0) is 17.2. The summed E-state index contributed by atoms with van der Waals surface area (Å²) < 4.78 is 1.24. The molecule has 134 valence electrons. The summed E-state index contributed by atoms with van der Waals surface area (Å²) in [5, 5.41) is 4.46. The van der Waals surface area contributed by atoms with Gasteiger partial charge in [0.15, 0.2) is 0 Å². The Kier molecular flexibility index (Phi) is 5.04. The Morgan fingerprint density at radius 2 is 2.00 bits per heavy atom. The number of nitrogens with one attached hydrogen (secondary N) is 1. The van der Waals surface area contributed by atoms with E-state index in [0.717, 1.165) is 42.8 Å². The number of amides is 1. The molecule has 1 saturated heterocycles. The first-order chi connectivity index (χ1) is 12.2. The highest BCUT2D eigenvalue weighted by Gasteiger charge is 2.35. The van der Waals surface area contributed by atoms with Crippen molar-refractivity contribution in [1.82, 2.24) is 15.2 Å².